The van der Waals surface area contributed by atoms with E-state index in [0.29, 0.717) is 22.6 Å². The number of imide groups is 1. The molecule has 1 aliphatic rings. The van der Waals surface area contributed by atoms with Crippen LogP contribution in [0.5, 0.6) is 11.5 Å². The molecule has 2 aromatic rings. The quantitative estimate of drug-likeness (QED) is 0.272. The summed E-state index contributed by atoms with van der Waals surface area (Å²) in [6.07, 6.45) is 1.56. The number of carbonyl (C=O) groups excluding carboxylic acids is 3. The Balaban J connectivity index is 1.86. The average Bonchev–Trinajstić information content (AvgIpc) is 3.09. The molecular weight excluding hydrogens is 559 g/mol. The van der Waals surface area contributed by atoms with Crippen molar-refractivity contribution in [2.45, 2.75) is 19.6 Å². The number of methoxy groups -OCH3 is 2. The Morgan fingerprint density at radius 2 is 2.00 bits per heavy atom. The molecule has 0 radical (unpaired) electrons. The molecular formula is C23H19IN2O6S. The minimum Gasteiger partial charge on any atom is -0.493 e. The van der Waals surface area contributed by atoms with Crippen LogP contribution in [0.1, 0.15) is 23.6 Å². The van der Waals surface area contributed by atoms with E-state index in [4.69, 9.17) is 9.47 Å². The molecule has 2 amide bonds. The smallest absolute Gasteiger partial charge is 0.328 e. The van der Waals surface area contributed by atoms with Crippen LogP contribution in [-0.4, -0.2) is 42.3 Å². The first-order chi connectivity index (χ1) is 15.8. The molecule has 1 aliphatic heterocycles. The predicted octanol–water partition coefficient (Wildman–Crippen LogP) is 4.35. The minimum atomic E-state index is -1.02. The number of nitrogens with zero attached hydrogens (tertiary/aromatic N) is 2. The second-order valence-electron chi connectivity index (χ2n) is 6.84. The molecule has 2 aromatic carbocycles. The van der Waals surface area contributed by atoms with Gasteiger partial charge in [0, 0.05) is 5.56 Å². The highest BCUT2D eigenvalue weighted by Gasteiger charge is 2.41. The number of rotatable bonds is 7. The van der Waals surface area contributed by atoms with Crippen molar-refractivity contribution in [1.29, 1.82) is 5.26 Å². The van der Waals surface area contributed by atoms with Gasteiger partial charge in [-0.05, 0) is 71.1 Å². The molecule has 1 saturated heterocycles. The fraction of sp³-hybridized carbons (Fsp3) is 0.217. The molecule has 170 valence electrons. The molecule has 8 nitrogen and oxygen atoms in total. The molecule has 0 bridgehead atoms. The van der Waals surface area contributed by atoms with Crippen molar-refractivity contribution in [1.82, 2.24) is 4.90 Å². The molecule has 1 heterocycles. The van der Waals surface area contributed by atoms with Crippen LogP contribution in [0.25, 0.3) is 6.08 Å². The Morgan fingerprint density at radius 3 is 2.67 bits per heavy atom. The molecule has 1 atom stereocenters. The number of hydrogen-bond donors (Lipinski definition) is 0. The molecule has 0 aromatic heterocycles. The van der Waals surface area contributed by atoms with Crippen LogP contribution in [0.2, 0.25) is 0 Å². The van der Waals surface area contributed by atoms with E-state index in [1.54, 1.807) is 30.3 Å². The summed E-state index contributed by atoms with van der Waals surface area (Å²) in [5.74, 6) is -0.306. The van der Waals surface area contributed by atoms with Crippen molar-refractivity contribution in [3.05, 3.63) is 61.6 Å². The molecule has 0 saturated carbocycles. The van der Waals surface area contributed by atoms with Crippen LogP contribution in [0.3, 0.4) is 0 Å². The van der Waals surface area contributed by atoms with Gasteiger partial charge in [-0.25, -0.2) is 4.79 Å². The van der Waals surface area contributed by atoms with E-state index in [-0.39, 0.29) is 11.5 Å². The fourth-order valence-corrected chi connectivity index (χ4v) is 4.80. The summed E-state index contributed by atoms with van der Waals surface area (Å²) in [5, 5.41) is 8.72. The zero-order chi connectivity index (χ0) is 24.1. The zero-order valence-electron chi connectivity index (χ0n) is 18.0. The number of amides is 2. The zero-order valence-corrected chi connectivity index (χ0v) is 20.9. The first-order valence-corrected chi connectivity index (χ1v) is 11.5. The van der Waals surface area contributed by atoms with Crippen LogP contribution in [0.4, 0.5) is 4.79 Å². The van der Waals surface area contributed by atoms with E-state index in [9.17, 15) is 19.6 Å². The van der Waals surface area contributed by atoms with E-state index in [2.05, 4.69) is 33.4 Å². The summed E-state index contributed by atoms with van der Waals surface area (Å²) in [6.45, 7) is 1.62. The number of nitriles is 1. The third kappa shape index (κ3) is 5.31. The number of esters is 1. The molecule has 10 heteroatoms. The van der Waals surface area contributed by atoms with Gasteiger partial charge in [0.2, 0.25) is 0 Å². The highest BCUT2D eigenvalue weighted by Crippen LogP contribution is 2.38. The standard InChI is InChI=1S/C23H19IN2O6S/c1-13(22(28)31-3)26-21(27)19(33-23(26)29)10-14-8-17(24)20(18(9-14)30-2)32-12-16-7-5-4-6-15(16)11-25/h4-10,13H,12H2,1-3H3/b19-10+/t13-/m1/s1. The van der Waals surface area contributed by atoms with Gasteiger partial charge in [0.1, 0.15) is 12.6 Å². The molecule has 0 spiro atoms. The van der Waals surface area contributed by atoms with Crippen molar-refractivity contribution in [3.8, 4) is 17.6 Å². The van der Waals surface area contributed by atoms with Gasteiger partial charge in [-0.1, -0.05) is 18.2 Å². The van der Waals surface area contributed by atoms with Gasteiger partial charge < -0.3 is 14.2 Å². The van der Waals surface area contributed by atoms with E-state index >= 15 is 0 Å². The lowest BCUT2D eigenvalue weighted by molar-refractivity contribution is -0.148. The second kappa shape index (κ2) is 10.7. The Hall–Kier alpha value is -3.04. The summed E-state index contributed by atoms with van der Waals surface area (Å²) < 4.78 is 16.8. The first-order valence-electron chi connectivity index (χ1n) is 9.64. The van der Waals surface area contributed by atoms with Crippen LogP contribution in [0, 0.1) is 14.9 Å². The molecule has 0 unspecified atom stereocenters. The largest absolute Gasteiger partial charge is 0.493 e. The number of benzene rings is 2. The van der Waals surface area contributed by atoms with Gasteiger partial charge in [0.15, 0.2) is 11.5 Å². The Bertz CT molecular complexity index is 1190. The van der Waals surface area contributed by atoms with Gasteiger partial charge in [-0.3, -0.25) is 14.5 Å². The average molecular weight is 578 g/mol. The third-order valence-electron chi connectivity index (χ3n) is 4.81. The summed E-state index contributed by atoms with van der Waals surface area (Å²) in [4.78, 5) is 37.9. The Kier molecular flexibility index (Phi) is 7.99. The van der Waals surface area contributed by atoms with Gasteiger partial charge in [-0.2, -0.15) is 5.26 Å². The minimum absolute atomic E-state index is 0.180. The topological polar surface area (TPSA) is 106 Å². The number of hydrogen-bond acceptors (Lipinski definition) is 8. The van der Waals surface area contributed by atoms with E-state index in [1.807, 2.05) is 12.1 Å². The van der Waals surface area contributed by atoms with Crippen LogP contribution < -0.4 is 9.47 Å². The highest BCUT2D eigenvalue weighted by atomic mass is 127. The van der Waals surface area contributed by atoms with Crippen molar-refractivity contribution < 1.29 is 28.6 Å². The van der Waals surface area contributed by atoms with Crippen molar-refractivity contribution in [2.75, 3.05) is 14.2 Å². The lowest BCUT2D eigenvalue weighted by Crippen LogP contribution is -2.42. The number of thioether (sulfide) groups is 1. The Morgan fingerprint density at radius 1 is 1.27 bits per heavy atom. The van der Waals surface area contributed by atoms with Crippen molar-refractivity contribution in [2.24, 2.45) is 0 Å². The number of ether oxygens (including phenoxy) is 3. The monoisotopic (exact) mass is 578 g/mol. The van der Waals surface area contributed by atoms with E-state index < -0.39 is 23.2 Å². The number of halogens is 1. The van der Waals surface area contributed by atoms with E-state index in [0.717, 1.165) is 25.8 Å². The SMILES string of the molecule is COC(=O)[C@@H](C)N1C(=O)S/C(=C/c2cc(I)c(OCc3ccccc3C#N)c(OC)c2)C1=O. The summed E-state index contributed by atoms with van der Waals surface area (Å²) in [5.41, 5.74) is 1.90. The van der Waals surface area contributed by atoms with Crippen LogP contribution >= 0.6 is 34.4 Å². The highest BCUT2D eigenvalue weighted by molar-refractivity contribution is 14.1. The fourth-order valence-electron chi connectivity index (χ4n) is 3.11. The maximum Gasteiger partial charge on any atom is 0.328 e. The predicted molar refractivity (Wildman–Crippen MR) is 130 cm³/mol. The molecule has 3 rings (SSSR count). The van der Waals surface area contributed by atoms with Crippen LogP contribution in [-0.2, 0) is 20.9 Å². The van der Waals surface area contributed by atoms with E-state index in [1.165, 1.54) is 21.1 Å². The molecule has 0 N–H and O–H groups in total. The van der Waals surface area contributed by atoms with Gasteiger partial charge >= 0.3 is 5.97 Å². The van der Waals surface area contributed by atoms with Crippen LogP contribution in [0.15, 0.2) is 41.3 Å². The number of carbonyl (C=O) groups is 3. The lowest BCUT2D eigenvalue weighted by atomic mass is 10.1. The maximum atomic E-state index is 12.7. The van der Waals surface area contributed by atoms with Crippen molar-refractivity contribution >= 4 is 57.5 Å². The Labute approximate surface area is 208 Å². The molecule has 1 fully saturated rings. The summed E-state index contributed by atoms with van der Waals surface area (Å²) in [6, 6.07) is 11.7. The summed E-state index contributed by atoms with van der Waals surface area (Å²) in [7, 11) is 2.70. The van der Waals surface area contributed by atoms with Gasteiger partial charge in [0.25, 0.3) is 11.1 Å². The molecule has 0 aliphatic carbocycles. The lowest BCUT2D eigenvalue weighted by Gasteiger charge is -2.18. The first kappa shape index (κ1) is 24.6. The normalized spacial score (nSPS) is 15.4. The third-order valence-corrected chi connectivity index (χ3v) is 6.50. The van der Waals surface area contributed by atoms with Crippen molar-refractivity contribution in [3.63, 3.8) is 0 Å². The maximum absolute atomic E-state index is 12.7. The van der Waals surface area contributed by atoms with Gasteiger partial charge in [0.05, 0.1) is 34.3 Å². The van der Waals surface area contributed by atoms with Gasteiger partial charge in [-0.15, -0.1) is 0 Å². The molecule has 33 heavy (non-hydrogen) atoms. The second-order valence-corrected chi connectivity index (χ2v) is 9.00. The summed E-state index contributed by atoms with van der Waals surface area (Å²) >= 11 is 2.84.